The molecule has 0 spiro atoms. The predicted octanol–water partition coefficient (Wildman–Crippen LogP) is 3.38. The summed E-state index contributed by atoms with van der Waals surface area (Å²) in [5, 5.41) is 4.03. The maximum absolute atomic E-state index is 12.0. The number of carbonyl (C=O) groups is 1. The number of hydrogen-bond donors (Lipinski definition) is 2. The molecule has 6 heteroatoms. The Morgan fingerprint density at radius 1 is 1.45 bits per heavy atom. The van der Waals surface area contributed by atoms with Crippen LogP contribution in [-0.4, -0.2) is 24.0 Å². The largest absolute Gasteiger partial charge is 0.320 e. The van der Waals surface area contributed by atoms with Crippen LogP contribution in [0.25, 0.3) is 0 Å². The van der Waals surface area contributed by atoms with Gasteiger partial charge in [-0.15, -0.1) is 23.7 Å². The van der Waals surface area contributed by atoms with Crippen LogP contribution in [-0.2, 0) is 17.6 Å². The number of carbonyl (C=O) groups excluding carboxylic acids is 1. The van der Waals surface area contributed by atoms with Crippen LogP contribution >= 0.6 is 35.5 Å². The molecule has 0 saturated carbocycles. The minimum atomic E-state index is -0.397. The highest BCUT2D eigenvalue weighted by molar-refractivity contribution is 7.98. The van der Waals surface area contributed by atoms with E-state index >= 15 is 0 Å². The summed E-state index contributed by atoms with van der Waals surface area (Å²) in [5.41, 5.74) is 8.62. The summed E-state index contributed by atoms with van der Waals surface area (Å²) in [6.07, 6.45) is 7.62. The van der Waals surface area contributed by atoms with Crippen molar-refractivity contribution in [3.63, 3.8) is 0 Å². The normalized spacial score (nSPS) is 15.2. The third-order valence-electron chi connectivity index (χ3n) is 3.64. The molecule has 114 valence electrons. The van der Waals surface area contributed by atoms with Gasteiger partial charge in [0.05, 0.1) is 11.0 Å². The molecule has 1 aliphatic rings. The smallest absolute Gasteiger partial charge is 0.241 e. The van der Waals surface area contributed by atoms with Gasteiger partial charge in [0.1, 0.15) is 0 Å². The molecule has 1 aromatic rings. The average Bonchev–Trinajstić information content (AvgIpc) is 2.73. The first-order valence-electron chi connectivity index (χ1n) is 6.80. The molecule has 3 N–H and O–H groups in total. The Morgan fingerprint density at radius 3 is 2.80 bits per heavy atom. The highest BCUT2D eigenvalue weighted by Gasteiger charge is 2.20. The van der Waals surface area contributed by atoms with Crippen molar-refractivity contribution in [1.82, 2.24) is 0 Å². The van der Waals surface area contributed by atoms with Gasteiger partial charge in [0.25, 0.3) is 0 Å². The second kappa shape index (κ2) is 8.27. The molecule has 0 unspecified atom stereocenters. The summed E-state index contributed by atoms with van der Waals surface area (Å²) >= 11 is 3.46. The molecule has 0 radical (unpaired) electrons. The first-order valence-corrected chi connectivity index (χ1v) is 9.01. The third kappa shape index (κ3) is 4.13. The van der Waals surface area contributed by atoms with Gasteiger partial charge in [-0.05, 0) is 62.2 Å². The maximum atomic E-state index is 12.0. The molecule has 2 rings (SSSR count). The van der Waals surface area contributed by atoms with E-state index in [2.05, 4.69) is 12.2 Å². The number of aryl methyl sites for hydroxylation is 1. The number of nitrogens with one attached hydrogen (secondary N) is 1. The first-order chi connectivity index (χ1) is 9.13. The van der Waals surface area contributed by atoms with E-state index in [1.807, 2.05) is 6.26 Å². The van der Waals surface area contributed by atoms with Crippen molar-refractivity contribution in [1.29, 1.82) is 0 Å². The molecule has 0 fully saturated rings. The predicted molar refractivity (Wildman–Crippen MR) is 92.6 cm³/mol. The highest BCUT2D eigenvalue weighted by atomic mass is 35.5. The molecular formula is C14H23ClN2OS2. The number of anilines is 1. The lowest BCUT2D eigenvalue weighted by Crippen LogP contribution is -2.36. The topological polar surface area (TPSA) is 55.1 Å². The van der Waals surface area contributed by atoms with Crippen molar-refractivity contribution >= 4 is 46.4 Å². The molecule has 0 aliphatic heterocycles. The average molecular weight is 335 g/mol. The summed E-state index contributed by atoms with van der Waals surface area (Å²) in [6.45, 7) is 2.11. The van der Waals surface area contributed by atoms with Crippen LogP contribution in [0.4, 0.5) is 5.00 Å². The molecule has 1 atom stereocenters. The standard InChI is InChI=1S/C14H22N2OS2.ClH/c1-9-10-5-3-4-6-12(10)19-14(9)16-13(17)11(15)7-8-18-2;/h11H,3-8,15H2,1-2H3,(H,16,17);1H/t11-;/m0./s1. The molecular weight excluding hydrogens is 312 g/mol. The number of thiophene rings is 1. The monoisotopic (exact) mass is 334 g/mol. The van der Waals surface area contributed by atoms with Crippen LogP contribution in [0.15, 0.2) is 0 Å². The molecule has 1 amide bonds. The Hall–Kier alpha value is -0.230. The first kappa shape index (κ1) is 17.8. The lowest BCUT2D eigenvalue weighted by molar-refractivity contribution is -0.117. The van der Waals surface area contributed by atoms with E-state index < -0.39 is 6.04 Å². The number of fused-ring (bicyclic) bond motifs is 1. The van der Waals surface area contributed by atoms with Crippen molar-refractivity contribution in [2.75, 3.05) is 17.3 Å². The Kier molecular flexibility index (Phi) is 7.37. The van der Waals surface area contributed by atoms with Crippen LogP contribution in [0.5, 0.6) is 0 Å². The van der Waals surface area contributed by atoms with E-state index in [-0.39, 0.29) is 18.3 Å². The fourth-order valence-electron chi connectivity index (χ4n) is 2.42. The number of amides is 1. The molecule has 1 heterocycles. The summed E-state index contributed by atoms with van der Waals surface area (Å²) in [7, 11) is 0. The van der Waals surface area contributed by atoms with Gasteiger partial charge in [-0.25, -0.2) is 0 Å². The van der Waals surface area contributed by atoms with Gasteiger partial charge < -0.3 is 11.1 Å². The van der Waals surface area contributed by atoms with Gasteiger partial charge in [-0.2, -0.15) is 11.8 Å². The van der Waals surface area contributed by atoms with Gasteiger partial charge in [-0.3, -0.25) is 4.79 Å². The minimum absolute atomic E-state index is 0. The maximum Gasteiger partial charge on any atom is 0.241 e. The fraction of sp³-hybridized carbons (Fsp3) is 0.643. The quantitative estimate of drug-likeness (QED) is 0.868. The SMILES string of the molecule is CSCC[C@H](N)C(=O)Nc1sc2c(c1C)CCCC2.Cl. The lowest BCUT2D eigenvalue weighted by atomic mass is 9.96. The zero-order valence-corrected chi connectivity index (χ0v) is 14.5. The lowest BCUT2D eigenvalue weighted by Gasteiger charge is -2.11. The fourth-order valence-corrected chi connectivity index (χ4v) is 4.21. The van der Waals surface area contributed by atoms with E-state index in [0.717, 1.165) is 30.0 Å². The van der Waals surface area contributed by atoms with Crippen molar-refractivity contribution in [2.45, 2.75) is 45.1 Å². The Bertz CT molecular complexity index is 462. The van der Waals surface area contributed by atoms with E-state index in [0.29, 0.717) is 0 Å². The second-order valence-corrected chi connectivity index (χ2v) is 7.13. The summed E-state index contributed by atoms with van der Waals surface area (Å²) in [6, 6.07) is -0.397. The molecule has 1 aromatic heterocycles. The van der Waals surface area contributed by atoms with Gasteiger partial charge in [0, 0.05) is 4.88 Å². The van der Waals surface area contributed by atoms with E-state index in [1.165, 1.54) is 28.8 Å². The highest BCUT2D eigenvalue weighted by Crippen LogP contribution is 2.37. The minimum Gasteiger partial charge on any atom is -0.320 e. The third-order valence-corrected chi connectivity index (χ3v) is 5.60. The van der Waals surface area contributed by atoms with Gasteiger partial charge in [0.2, 0.25) is 5.91 Å². The van der Waals surface area contributed by atoms with Gasteiger partial charge in [0.15, 0.2) is 0 Å². The molecule has 1 aliphatic carbocycles. The zero-order chi connectivity index (χ0) is 13.8. The zero-order valence-electron chi connectivity index (χ0n) is 12.0. The molecule has 0 bridgehead atoms. The Balaban J connectivity index is 0.00000200. The molecule has 3 nitrogen and oxygen atoms in total. The molecule has 0 aromatic carbocycles. The van der Waals surface area contributed by atoms with E-state index in [9.17, 15) is 4.79 Å². The van der Waals surface area contributed by atoms with Crippen molar-refractivity contribution in [3.8, 4) is 0 Å². The number of nitrogens with two attached hydrogens (primary N) is 1. The van der Waals surface area contributed by atoms with Crippen LogP contribution in [0, 0.1) is 6.92 Å². The summed E-state index contributed by atoms with van der Waals surface area (Å²) < 4.78 is 0. The summed E-state index contributed by atoms with van der Waals surface area (Å²) in [4.78, 5) is 13.5. The second-order valence-electron chi connectivity index (χ2n) is 5.04. The van der Waals surface area contributed by atoms with Crippen LogP contribution < -0.4 is 11.1 Å². The van der Waals surface area contributed by atoms with Crippen LogP contribution in [0.1, 0.15) is 35.3 Å². The number of thioether (sulfide) groups is 1. The summed E-state index contributed by atoms with van der Waals surface area (Å²) in [5.74, 6) is 0.880. The van der Waals surface area contributed by atoms with E-state index in [1.54, 1.807) is 23.1 Å². The number of hydrogen-bond acceptors (Lipinski definition) is 4. The number of rotatable bonds is 5. The number of halogens is 1. The van der Waals surface area contributed by atoms with Crippen molar-refractivity contribution in [2.24, 2.45) is 5.73 Å². The van der Waals surface area contributed by atoms with Gasteiger partial charge in [-0.1, -0.05) is 0 Å². The Morgan fingerprint density at radius 2 is 2.15 bits per heavy atom. The van der Waals surface area contributed by atoms with Gasteiger partial charge >= 0.3 is 0 Å². The molecule has 0 saturated heterocycles. The van der Waals surface area contributed by atoms with Crippen molar-refractivity contribution < 1.29 is 4.79 Å². The van der Waals surface area contributed by atoms with E-state index in [4.69, 9.17) is 5.73 Å². The van der Waals surface area contributed by atoms with Crippen molar-refractivity contribution in [3.05, 3.63) is 16.0 Å². The van der Waals surface area contributed by atoms with Crippen LogP contribution in [0.2, 0.25) is 0 Å². The van der Waals surface area contributed by atoms with Crippen LogP contribution in [0.3, 0.4) is 0 Å². The molecule has 20 heavy (non-hydrogen) atoms. The Labute approximate surface area is 135 Å².